The Kier molecular flexibility index (Phi) is 5.25. The van der Waals surface area contributed by atoms with Gasteiger partial charge in [0, 0.05) is 31.2 Å². The summed E-state index contributed by atoms with van der Waals surface area (Å²) in [6, 6.07) is 0.532. The van der Waals surface area contributed by atoms with Crippen molar-refractivity contribution in [2.75, 3.05) is 19.8 Å². The molecule has 1 saturated heterocycles. The van der Waals surface area contributed by atoms with E-state index < -0.39 is 0 Å². The van der Waals surface area contributed by atoms with E-state index in [2.05, 4.69) is 17.3 Å². The molecule has 0 saturated carbocycles. The molecular formula is C14H24ClN3O. The number of hydrogen-bond acceptors (Lipinski definition) is 3. The molecule has 108 valence electrons. The first kappa shape index (κ1) is 14.8. The van der Waals surface area contributed by atoms with Crippen molar-refractivity contribution in [2.24, 2.45) is 13.0 Å². The number of hydrogen-bond donors (Lipinski definition) is 1. The van der Waals surface area contributed by atoms with Crippen LogP contribution in [0.5, 0.6) is 0 Å². The van der Waals surface area contributed by atoms with Crippen molar-refractivity contribution in [2.45, 2.75) is 39.2 Å². The highest BCUT2D eigenvalue weighted by atomic mass is 35.5. The van der Waals surface area contributed by atoms with Crippen LogP contribution in [0, 0.1) is 12.8 Å². The summed E-state index contributed by atoms with van der Waals surface area (Å²) in [5.41, 5.74) is 2.20. The fourth-order valence-corrected chi connectivity index (χ4v) is 3.02. The van der Waals surface area contributed by atoms with Gasteiger partial charge in [0.2, 0.25) is 0 Å². The van der Waals surface area contributed by atoms with Crippen LogP contribution in [0.1, 0.15) is 31.0 Å². The maximum atomic E-state index is 6.32. The Labute approximate surface area is 120 Å². The standard InChI is InChI=1S/C14H24ClN3O/c1-4-6-16-13-5-7-19-9-11(13)8-12-10(2)17-18(3)14(12)15/h11,13,16H,4-9H2,1-3H3. The second-order valence-electron chi connectivity index (χ2n) is 5.37. The second kappa shape index (κ2) is 6.73. The zero-order valence-corrected chi connectivity index (χ0v) is 12.8. The third-order valence-corrected chi connectivity index (χ3v) is 4.34. The van der Waals surface area contributed by atoms with Crippen LogP contribution in [-0.2, 0) is 18.2 Å². The van der Waals surface area contributed by atoms with Crippen LogP contribution in [0.25, 0.3) is 0 Å². The van der Waals surface area contributed by atoms with E-state index in [9.17, 15) is 0 Å². The Morgan fingerprint density at radius 3 is 2.95 bits per heavy atom. The Morgan fingerprint density at radius 2 is 2.32 bits per heavy atom. The molecule has 2 atom stereocenters. The van der Waals surface area contributed by atoms with Crippen LogP contribution in [0.4, 0.5) is 0 Å². The van der Waals surface area contributed by atoms with Crippen LogP contribution in [0.2, 0.25) is 5.15 Å². The molecule has 0 radical (unpaired) electrons. The van der Waals surface area contributed by atoms with Crippen molar-refractivity contribution in [3.05, 3.63) is 16.4 Å². The van der Waals surface area contributed by atoms with Gasteiger partial charge in [0.25, 0.3) is 0 Å². The normalized spacial score (nSPS) is 23.8. The predicted octanol–water partition coefficient (Wildman–Crippen LogP) is 2.33. The molecule has 0 spiro atoms. The molecule has 19 heavy (non-hydrogen) atoms. The molecule has 0 bridgehead atoms. The Balaban J connectivity index is 2.06. The first-order valence-corrected chi connectivity index (χ1v) is 7.50. The van der Waals surface area contributed by atoms with Crippen LogP contribution in [0.3, 0.4) is 0 Å². The molecular weight excluding hydrogens is 262 g/mol. The monoisotopic (exact) mass is 285 g/mol. The molecule has 0 amide bonds. The Morgan fingerprint density at radius 1 is 1.53 bits per heavy atom. The van der Waals surface area contributed by atoms with Gasteiger partial charge in [0.1, 0.15) is 5.15 Å². The van der Waals surface area contributed by atoms with Crippen molar-refractivity contribution in [1.29, 1.82) is 0 Å². The summed E-state index contributed by atoms with van der Waals surface area (Å²) in [6.07, 6.45) is 3.19. The van der Waals surface area contributed by atoms with E-state index in [1.165, 1.54) is 5.56 Å². The molecule has 1 aliphatic rings. The lowest BCUT2D eigenvalue weighted by Crippen LogP contribution is -2.44. The summed E-state index contributed by atoms with van der Waals surface area (Å²) in [6.45, 7) is 6.97. The summed E-state index contributed by atoms with van der Waals surface area (Å²) in [5.74, 6) is 0.487. The van der Waals surface area contributed by atoms with Crippen LogP contribution in [-0.4, -0.2) is 35.6 Å². The number of rotatable bonds is 5. The molecule has 0 aliphatic carbocycles. The quantitative estimate of drug-likeness (QED) is 0.902. The van der Waals surface area contributed by atoms with Gasteiger partial charge in [-0.25, -0.2) is 0 Å². The van der Waals surface area contributed by atoms with E-state index in [4.69, 9.17) is 16.3 Å². The number of nitrogens with one attached hydrogen (secondary N) is 1. The smallest absolute Gasteiger partial charge is 0.130 e. The minimum atomic E-state index is 0.487. The Hall–Kier alpha value is -0.580. The molecule has 1 aliphatic heterocycles. The van der Waals surface area contributed by atoms with E-state index in [1.54, 1.807) is 4.68 Å². The number of nitrogens with zero attached hydrogens (tertiary/aromatic N) is 2. The molecule has 2 heterocycles. The molecule has 4 nitrogen and oxygen atoms in total. The summed E-state index contributed by atoms with van der Waals surface area (Å²) in [5, 5.41) is 8.79. The van der Waals surface area contributed by atoms with Crippen molar-refractivity contribution in [1.82, 2.24) is 15.1 Å². The summed E-state index contributed by atoms with van der Waals surface area (Å²) < 4.78 is 7.40. The lowest BCUT2D eigenvalue weighted by atomic mass is 9.89. The topological polar surface area (TPSA) is 39.1 Å². The first-order chi connectivity index (χ1) is 9.13. The predicted molar refractivity (Wildman–Crippen MR) is 77.7 cm³/mol. The van der Waals surface area contributed by atoms with Gasteiger partial charge in [-0.1, -0.05) is 18.5 Å². The van der Waals surface area contributed by atoms with Gasteiger partial charge < -0.3 is 10.1 Å². The van der Waals surface area contributed by atoms with Crippen molar-refractivity contribution < 1.29 is 4.74 Å². The van der Waals surface area contributed by atoms with Crippen molar-refractivity contribution >= 4 is 11.6 Å². The lowest BCUT2D eigenvalue weighted by Gasteiger charge is -2.32. The van der Waals surface area contributed by atoms with Crippen LogP contribution < -0.4 is 5.32 Å². The third kappa shape index (κ3) is 3.50. The SMILES string of the molecule is CCCNC1CCOCC1Cc1c(C)nn(C)c1Cl. The average Bonchev–Trinajstić information content (AvgIpc) is 2.64. The van der Waals surface area contributed by atoms with E-state index >= 15 is 0 Å². The largest absolute Gasteiger partial charge is 0.381 e. The Bertz CT molecular complexity index is 419. The molecule has 5 heteroatoms. The van der Waals surface area contributed by atoms with Gasteiger partial charge in [0.15, 0.2) is 0 Å². The highest BCUT2D eigenvalue weighted by Crippen LogP contribution is 2.26. The molecule has 0 aromatic carbocycles. The fraction of sp³-hybridized carbons (Fsp3) is 0.786. The molecule has 1 N–H and O–H groups in total. The lowest BCUT2D eigenvalue weighted by molar-refractivity contribution is 0.0322. The third-order valence-electron chi connectivity index (χ3n) is 3.87. The van der Waals surface area contributed by atoms with Crippen LogP contribution >= 0.6 is 11.6 Å². The molecule has 1 fully saturated rings. The van der Waals surface area contributed by atoms with Gasteiger partial charge in [-0.15, -0.1) is 0 Å². The van der Waals surface area contributed by atoms with Crippen molar-refractivity contribution in [3.8, 4) is 0 Å². The molecule has 1 aromatic heterocycles. The number of aryl methyl sites for hydroxylation is 2. The molecule has 2 unspecified atom stereocenters. The number of halogens is 1. The zero-order chi connectivity index (χ0) is 13.8. The summed E-state index contributed by atoms with van der Waals surface area (Å²) in [4.78, 5) is 0. The first-order valence-electron chi connectivity index (χ1n) is 7.12. The second-order valence-corrected chi connectivity index (χ2v) is 5.72. The van der Waals surface area contributed by atoms with E-state index in [1.807, 2.05) is 14.0 Å². The van der Waals surface area contributed by atoms with Gasteiger partial charge >= 0.3 is 0 Å². The van der Waals surface area contributed by atoms with Crippen molar-refractivity contribution in [3.63, 3.8) is 0 Å². The van der Waals surface area contributed by atoms with E-state index in [0.29, 0.717) is 12.0 Å². The minimum Gasteiger partial charge on any atom is -0.381 e. The molecule has 2 rings (SSSR count). The minimum absolute atomic E-state index is 0.487. The van der Waals surface area contributed by atoms with Crippen LogP contribution in [0.15, 0.2) is 0 Å². The summed E-state index contributed by atoms with van der Waals surface area (Å²) in [7, 11) is 1.89. The summed E-state index contributed by atoms with van der Waals surface area (Å²) >= 11 is 6.32. The van der Waals surface area contributed by atoms with E-state index in [-0.39, 0.29) is 0 Å². The highest BCUT2D eigenvalue weighted by Gasteiger charge is 2.27. The average molecular weight is 286 g/mol. The highest BCUT2D eigenvalue weighted by molar-refractivity contribution is 6.30. The molecule has 1 aromatic rings. The van der Waals surface area contributed by atoms with Gasteiger partial charge in [-0.3, -0.25) is 4.68 Å². The fourth-order valence-electron chi connectivity index (χ4n) is 2.76. The number of aromatic nitrogens is 2. The van der Waals surface area contributed by atoms with Gasteiger partial charge in [-0.05, 0) is 32.7 Å². The van der Waals surface area contributed by atoms with Gasteiger partial charge in [0.05, 0.1) is 12.3 Å². The number of ether oxygens (including phenoxy) is 1. The van der Waals surface area contributed by atoms with E-state index in [0.717, 1.165) is 49.9 Å². The zero-order valence-electron chi connectivity index (χ0n) is 12.1. The maximum absolute atomic E-state index is 6.32. The maximum Gasteiger partial charge on any atom is 0.130 e. The van der Waals surface area contributed by atoms with Gasteiger partial charge in [-0.2, -0.15) is 5.10 Å².